The van der Waals surface area contributed by atoms with E-state index in [-0.39, 0.29) is 13.0 Å². The van der Waals surface area contributed by atoms with Gasteiger partial charge in [-0.1, -0.05) is 24.3 Å². The molecule has 1 amide bonds. The molecule has 1 fully saturated rings. The minimum atomic E-state index is -1.45. The van der Waals surface area contributed by atoms with E-state index >= 15 is 0 Å². The van der Waals surface area contributed by atoms with E-state index in [1.807, 2.05) is 0 Å². The monoisotopic (exact) mass is 447 g/mol. The number of carbonyl (C=O) groups is 3. The lowest BCUT2D eigenvalue weighted by molar-refractivity contribution is -0.166. The molecule has 1 aliphatic rings. The van der Waals surface area contributed by atoms with Gasteiger partial charge in [0.15, 0.2) is 5.54 Å². The number of nitrogens with one attached hydrogen (secondary N) is 1. The van der Waals surface area contributed by atoms with Gasteiger partial charge in [0.25, 0.3) is 0 Å². The summed E-state index contributed by atoms with van der Waals surface area (Å²) in [5.74, 6) is -1.05. The van der Waals surface area contributed by atoms with E-state index in [0.717, 1.165) is 5.56 Å². The molecule has 2 unspecified atom stereocenters. The van der Waals surface area contributed by atoms with Crippen molar-refractivity contribution in [3.05, 3.63) is 41.5 Å². The average molecular weight is 448 g/mol. The summed E-state index contributed by atoms with van der Waals surface area (Å²) in [6, 6.07) is 7.12. The van der Waals surface area contributed by atoms with E-state index in [1.165, 1.54) is 13.2 Å². The molecule has 1 aromatic carbocycles. The highest BCUT2D eigenvalue weighted by Gasteiger charge is 2.55. The number of ether oxygens (including phenoxy) is 4. The number of hydrogen-bond acceptors (Lipinski definition) is 7. The van der Waals surface area contributed by atoms with Gasteiger partial charge in [0.2, 0.25) is 0 Å². The van der Waals surface area contributed by atoms with Gasteiger partial charge in [-0.15, -0.1) is 0 Å². The number of alkyl carbamates (subject to hydrolysis) is 1. The SMILES string of the molecule is COC(=O)/C=C/c1ccc(C2OCCC2(NC(=O)OC(C)(C)C)C(=O)OC(C)(C)C)cc1. The molecule has 2 rings (SSSR count). The lowest BCUT2D eigenvalue weighted by Gasteiger charge is -2.36. The Hall–Kier alpha value is -2.87. The molecule has 0 aromatic heterocycles. The van der Waals surface area contributed by atoms with Crippen molar-refractivity contribution in [3.8, 4) is 0 Å². The molecule has 0 bridgehead atoms. The Kier molecular flexibility index (Phi) is 7.72. The fourth-order valence-corrected chi connectivity index (χ4v) is 3.25. The summed E-state index contributed by atoms with van der Waals surface area (Å²) in [6.45, 7) is 10.8. The highest BCUT2D eigenvalue weighted by atomic mass is 16.6. The average Bonchev–Trinajstić information content (AvgIpc) is 3.08. The van der Waals surface area contributed by atoms with Crippen molar-refractivity contribution >= 4 is 24.1 Å². The van der Waals surface area contributed by atoms with E-state index in [1.54, 1.807) is 71.9 Å². The van der Waals surface area contributed by atoms with E-state index in [0.29, 0.717) is 5.56 Å². The third-order valence-corrected chi connectivity index (χ3v) is 4.57. The molecule has 0 aliphatic carbocycles. The van der Waals surface area contributed by atoms with Crippen molar-refractivity contribution in [2.75, 3.05) is 13.7 Å². The molecule has 0 spiro atoms. The van der Waals surface area contributed by atoms with E-state index in [2.05, 4.69) is 10.1 Å². The van der Waals surface area contributed by atoms with E-state index in [4.69, 9.17) is 14.2 Å². The second-order valence-corrected chi connectivity index (χ2v) is 9.62. The first-order chi connectivity index (χ1) is 14.8. The van der Waals surface area contributed by atoms with Gasteiger partial charge in [-0.25, -0.2) is 14.4 Å². The van der Waals surface area contributed by atoms with Gasteiger partial charge in [-0.05, 0) is 58.7 Å². The van der Waals surface area contributed by atoms with Crippen LogP contribution in [-0.2, 0) is 28.5 Å². The number of hydrogen-bond donors (Lipinski definition) is 1. The number of benzene rings is 1. The summed E-state index contributed by atoms with van der Waals surface area (Å²) in [5, 5.41) is 2.75. The Bertz CT molecular complexity index is 862. The number of rotatable bonds is 5. The molecular formula is C24H33NO7. The molecule has 0 radical (unpaired) electrons. The van der Waals surface area contributed by atoms with Crippen LogP contribution in [0.5, 0.6) is 0 Å². The van der Waals surface area contributed by atoms with Crippen LogP contribution in [0.15, 0.2) is 30.3 Å². The summed E-state index contributed by atoms with van der Waals surface area (Å²) in [4.78, 5) is 37.3. The van der Waals surface area contributed by atoms with Crippen molar-refractivity contribution in [1.82, 2.24) is 5.32 Å². The highest BCUT2D eigenvalue weighted by Crippen LogP contribution is 2.40. The predicted molar refractivity (Wildman–Crippen MR) is 119 cm³/mol. The molecule has 1 N–H and O–H groups in total. The minimum Gasteiger partial charge on any atom is -0.466 e. The van der Waals surface area contributed by atoms with Gasteiger partial charge in [-0.2, -0.15) is 0 Å². The first-order valence-electron chi connectivity index (χ1n) is 10.5. The smallest absolute Gasteiger partial charge is 0.408 e. The maximum atomic E-state index is 13.3. The van der Waals surface area contributed by atoms with Gasteiger partial charge >= 0.3 is 18.0 Å². The van der Waals surface area contributed by atoms with Crippen molar-refractivity contribution in [1.29, 1.82) is 0 Å². The fraction of sp³-hybridized carbons (Fsp3) is 0.542. The van der Waals surface area contributed by atoms with Gasteiger partial charge in [0.1, 0.15) is 17.3 Å². The molecule has 2 atom stereocenters. The normalized spacial score (nSPS) is 21.3. The lowest BCUT2D eigenvalue weighted by Crippen LogP contribution is -2.59. The zero-order valence-electron chi connectivity index (χ0n) is 19.8. The van der Waals surface area contributed by atoms with Gasteiger partial charge in [-0.3, -0.25) is 0 Å². The lowest BCUT2D eigenvalue weighted by atomic mass is 9.86. The topological polar surface area (TPSA) is 100 Å². The Morgan fingerprint density at radius 1 is 1.03 bits per heavy atom. The standard InChI is InChI=1S/C24H33NO7/c1-22(2,3)31-20(27)24(25-21(28)32-23(4,5)6)14-15-30-19(24)17-11-8-16(9-12-17)10-13-18(26)29-7/h8-13,19H,14-15H2,1-7H3,(H,25,28)/b13-10+. The molecular weight excluding hydrogens is 414 g/mol. The zero-order chi connectivity index (χ0) is 24.2. The van der Waals surface area contributed by atoms with Crippen LogP contribution in [0.3, 0.4) is 0 Å². The second-order valence-electron chi connectivity index (χ2n) is 9.62. The Morgan fingerprint density at radius 2 is 1.62 bits per heavy atom. The molecule has 32 heavy (non-hydrogen) atoms. The Morgan fingerprint density at radius 3 is 2.16 bits per heavy atom. The second kappa shape index (κ2) is 9.73. The molecule has 1 aliphatic heterocycles. The molecule has 1 heterocycles. The van der Waals surface area contributed by atoms with Gasteiger partial charge in [0.05, 0.1) is 13.7 Å². The van der Waals surface area contributed by atoms with Crippen LogP contribution in [0.1, 0.15) is 65.2 Å². The third kappa shape index (κ3) is 6.82. The van der Waals surface area contributed by atoms with E-state index < -0.39 is 40.9 Å². The highest BCUT2D eigenvalue weighted by molar-refractivity contribution is 5.88. The Balaban J connectivity index is 2.37. The molecule has 1 saturated heterocycles. The van der Waals surface area contributed by atoms with Crippen LogP contribution >= 0.6 is 0 Å². The molecule has 1 aromatic rings. The number of carbonyl (C=O) groups excluding carboxylic acids is 3. The quantitative estimate of drug-likeness (QED) is 0.414. The fourth-order valence-electron chi connectivity index (χ4n) is 3.25. The summed E-state index contributed by atoms with van der Waals surface area (Å²) in [7, 11) is 1.31. The third-order valence-electron chi connectivity index (χ3n) is 4.57. The van der Waals surface area contributed by atoms with Crippen LogP contribution in [0.4, 0.5) is 4.79 Å². The van der Waals surface area contributed by atoms with Crippen molar-refractivity contribution in [2.24, 2.45) is 0 Å². The van der Waals surface area contributed by atoms with Crippen LogP contribution in [-0.4, -0.2) is 48.5 Å². The predicted octanol–water partition coefficient (Wildman–Crippen LogP) is 3.94. The van der Waals surface area contributed by atoms with Crippen LogP contribution in [0, 0.1) is 0 Å². The van der Waals surface area contributed by atoms with Crippen molar-refractivity contribution in [2.45, 2.75) is 70.8 Å². The van der Waals surface area contributed by atoms with Crippen LogP contribution < -0.4 is 5.32 Å². The Labute approximate surface area is 189 Å². The molecule has 176 valence electrons. The summed E-state index contributed by atoms with van der Waals surface area (Å²) in [6.07, 6.45) is 1.66. The van der Waals surface area contributed by atoms with Gasteiger partial charge < -0.3 is 24.3 Å². The maximum Gasteiger partial charge on any atom is 0.408 e. The number of esters is 2. The van der Waals surface area contributed by atoms with Crippen LogP contribution in [0.25, 0.3) is 6.08 Å². The summed E-state index contributed by atoms with van der Waals surface area (Å²) < 4.78 is 21.6. The maximum absolute atomic E-state index is 13.3. The summed E-state index contributed by atoms with van der Waals surface area (Å²) in [5.41, 5.74) is -1.49. The molecule has 8 nitrogen and oxygen atoms in total. The van der Waals surface area contributed by atoms with Crippen molar-refractivity contribution in [3.63, 3.8) is 0 Å². The van der Waals surface area contributed by atoms with Gasteiger partial charge in [0, 0.05) is 12.5 Å². The first kappa shape index (κ1) is 25.4. The molecule has 8 heteroatoms. The minimum absolute atomic E-state index is 0.232. The molecule has 0 saturated carbocycles. The number of methoxy groups -OCH3 is 1. The summed E-state index contributed by atoms with van der Waals surface area (Å²) >= 11 is 0. The van der Waals surface area contributed by atoms with Crippen molar-refractivity contribution < 1.29 is 33.3 Å². The first-order valence-corrected chi connectivity index (χ1v) is 10.5. The number of amides is 1. The largest absolute Gasteiger partial charge is 0.466 e. The van der Waals surface area contributed by atoms with Crippen LogP contribution in [0.2, 0.25) is 0 Å². The zero-order valence-corrected chi connectivity index (χ0v) is 19.8. The van der Waals surface area contributed by atoms with E-state index in [9.17, 15) is 14.4 Å².